The van der Waals surface area contributed by atoms with E-state index in [1.54, 1.807) is 24.3 Å². The first-order valence-corrected chi connectivity index (χ1v) is 6.47. The quantitative estimate of drug-likeness (QED) is 0.540. The maximum atomic E-state index is 11.2. The number of methoxy groups -OCH3 is 1. The summed E-state index contributed by atoms with van der Waals surface area (Å²) in [5.74, 6) is 0.492. The monoisotopic (exact) mass is 314 g/mol. The zero-order valence-corrected chi connectivity index (χ0v) is 11.9. The number of non-ortho nitro benzene ring substituents is 2. The van der Waals surface area contributed by atoms with E-state index in [0.717, 1.165) is 6.07 Å². The number of fused-ring (bicyclic) bond motifs is 1. The van der Waals surface area contributed by atoms with Crippen LogP contribution in [0.15, 0.2) is 42.6 Å². The highest BCUT2D eigenvalue weighted by molar-refractivity contribution is 5.91. The number of hydrogen-bond acceptors (Lipinski definition) is 6. The number of benzene rings is 2. The second-order valence-corrected chi connectivity index (χ2v) is 4.64. The molecule has 23 heavy (non-hydrogen) atoms. The van der Waals surface area contributed by atoms with Gasteiger partial charge < -0.3 is 4.74 Å². The van der Waals surface area contributed by atoms with Crippen molar-refractivity contribution in [2.45, 2.75) is 0 Å². The topological polar surface area (TPSA) is 113 Å². The van der Waals surface area contributed by atoms with Crippen LogP contribution in [-0.4, -0.2) is 26.7 Å². The summed E-state index contributed by atoms with van der Waals surface area (Å²) in [5, 5.41) is 26.6. The second kappa shape index (κ2) is 5.37. The number of aromatic nitrogens is 2. The summed E-state index contributed by atoms with van der Waals surface area (Å²) in [5.41, 5.74) is 0.0476. The highest BCUT2D eigenvalue weighted by atomic mass is 16.6. The summed E-state index contributed by atoms with van der Waals surface area (Å²) in [6.07, 6.45) is 1.31. The molecule has 3 aromatic rings. The second-order valence-electron chi connectivity index (χ2n) is 4.64. The van der Waals surface area contributed by atoms with Crippen molar-refractivity contribution in [3.8, 4) is 11.4 Å². The molecule has 0 amide bonds. The Bertz CT molecular complexity index is 934. The molecule has 0 fully saturated rings. The van der Waals surface area contributed by atoms with E-state index in [1.165, 1.54) is 24.1 Å². The zero-order valence-electron chi connectivity index (χ0n) is 11.9. The molecule has 3 rings (SSSR count). The fourth-order valence-electron chi connectivity index (χ4n) is 2.35. The van der Waals surface area contributed by atoms with Gasteiger partial charge in [-0.3, -0.25) is 20.2 Å². The third-order valence-electron chi connectivity index (χ3n) is 3.37. The molecule has 1 aromatic heterocycles. The summed E-state index contributed by atoms with van der Waals surface area (Å²) >= 11 is 0. The predicted octanol–water partition coefficient (Wildman–Crippen LogP) is 2.85. The first-order valence-electron chi connectivity index (χ1n) is 6.47. The van der Waals surface area contributed by atoms with Crippen molar-refractivity contribution in [2.24, 2.45) is 0 Å². The molecule has 116 valence electrons. The van der Waals surface area contributed by atoms with Crippen LogP contribution in [0, 0.1) is 20.2 Å². The molecular formula is C14H10N4O5. The zero-order chi connectivity index (χ0) is 16.6. The van der Waals surface area contributed by atoms with Crippen LogP contribution >= 0.6 is 0 Å². The molecule has 9 heteroatoms. The van der Waals surface area contributed by atoms with Gasteiger partial charge in [0.15, 0.2) is 0 Å². The number of ether oxygens (including phenoxy) is 1. The summed E-state index contributed by atoms with van der Waals surface area (Å²) in [6, 6.07) is 9.10. The van der Waals surface area contributed by atoms with Crippen molar-refractivity contribution in [3.63, 3.8) is 0 Å². The molecular weight excluding hydrogens is 304 g/mol. The maximum absolute atomic E-state index is 11.2. The third kappa shape index (κ3) is 2.33. The normalized spacial score (nSPS) is 10.7. The molecule has 1 heterocycles. The highest BCUT2D eigenvalue weighted by Gasteiger charge is 2.23. The van der Waals surface area contributed by atoms with Crippen LogP contribution in [-0.2, 0) is 0 Å². The van der Waals surface area contributed by atoms with Crippen molar-refractivity contribution in [3.05, 3.63) is 62.8 Å². The number of nitro groups is 2. The molecule has 0 N–H and O–H groups in total. The van der Waals surface area contributed by atoms with Crippen LogP contribution in [0.5, 0.6) is 5.75 Å². The van der Waals surface area contributed by atoms with Gasteiger partial charge in [0.25, 0.3) is 11.4 Å². The Morgan fingerprint density at radius 2 is 1.87 bits per heavy atom. The van der Waals surface area contributed by atoms with Crippen LogP contribution in [0.2, 0.25) is 0 Å². The lowest BCUT2D eigenvalue weighted by Gasteiger charge is -2.09. The smallest absolute Gasteiger partial charge is 0.287 e. The first kappa shape index (κ1) is 14.4. The van der Waals surface area contributed by atoms with E-state index < -0.39 is 9.85 Å². The summed E-state index contributed by atoms with van der Waals surface area (Å²) < 4.78 is 6.63. The molecule has 0 radical (unpaired) electrons. The molecule has 9 nitrogen and oxygen atoms in total. The lowest BCUT2D eigenvalue weighted by Crippen LogP contribution is -2.00. The Morgan fingerprint density at radius 3 is 2.52 bits per heavy atom. The van der Waals surface area contributed by atoms with E-state index in [2.05, 4.69) is 5.10 Å². The molecule has 0 saturated heterocycles. The largest absolute Gasteiger partial charge is 0.494 e. The molecule has 0 atom stereocenters. The van der Waals surface area contributed by atoms with E-state index in [-0.39, 0.29) is 22.3 Å². The van der Waals surface area contributed by atoms with Gasteiger partial charge >= 0.3 is 0 Å². The van der Waals surface area contributed by atoms with Gasteiger partial charge in [-0.15, -0.1) is 0 Å². The van der Waals surface area contributed by atoms with Crippen LogP contribution in [0.25, 0.3) is 16.6 Å². The fourth-order valence-corrected chi connectivity index (χ4v) is 2.35. The minimum Gasteiger partial charge on any atom is -0.494 e. The van der Waals surface area contributed by atoms with Gasteiger partial charge in [-0.2, -0.15) is 5.10 Å². The van der Waals surface area contributed by atoms with Crippen molar-refractivity contribution >= 4 is 22.3 Å². The number of hydrogen-bond donors (Lipinski definition) is 0. The Hall–Kier alpha value is -3.49. The van der Waals surface area contributed by atoms with Gasteiger partial charge in [-0.25, -0.2) is 4.68 Å². The van der Waals surface area contributed by atoms with E-state index in [9.17, 15) is 20.2 Å². The van der Waals surface area contributed by atoms with Gasteiger partial charge in [0.05, 0.1) is 40.1 Å². The number of nitro benzene ring substituents is 2. The first-order chi connectivity index (χ1) is 11.0. The average molecular weight is 314 g/mol. The summed E-state index contributed by atoms with van der Waals surface area (Å²) in [6.45, 7) is 0. The van der Waals surface area contributed by atoms with Crippen LogP contribution in [0.1, 0.15) is 0 Å². The Balaban J connectivity index is 2.35. The highest BCUT2D eigenvalue weighted by Crippen LogP contribution is 2.33. The van der Waals surface area contributed by atoms with Crippen molar-refractivity contribution in [2.75, 3.05) is 7.11 Å². The van der Waals surface area contributed by atoms with Crippen molar-refractivity contribution in [1.82, 2.24) is 9.78 Å². The van der Waals surface area contributed by atoms with E-state index >= 15 is 0 Å². The third-order valence-corrected chi connectivity index (χ3v) is 3.37. The molecule has 0 bridgehead atoms. The van der Waals surface area contributed by atoms with Gasteiger partial charge in [-0.05, 0) is 12.1 Å². The number of rotatable bonds is 4. The van der Waals surface area contributed by atoms with Crippen molar-refractivity contribution in [1.29, 1.82) is 0 Å². The lowest BCUT2D eigenvalue weighted by molar-refractivity contribution is -0.393. The van der Waals surface area contributed by atoms with E-state index in [1.807, 2.05) is 0 Å². The van der Waals surface area contributed by atoms with Gasteiger partial charge in [0, 0.05) is 6.07 Å². The number of nitrogens with zero attached hydrogens (tertiary/aromatic N) is 4. The van der Waals surface area contributed by atoms with Crippen LogP contribution < -0.4 is 4.74 Å². The Morgan fingerprint density at radius 1 is 1.13 bits per heavy atom. The SMILES string of the molecule is COc1ccccc1-n1ncc2c([N+](=O)[O-])cc([N+](=O)[O-])cc21. The van der Waals surface area contributed by atoms with Crippen molar-refractivity contribution < 1.29 is 14.6 Å². The van der Waals surface area contributed by atoms with E-state index in [0.29, 0.717) is 11.4 Å². The van der Waals surface area contributed by atoms with Crippen LogP contribution in [0.4, 0.5) is 11.4 Å². The fraction of sp³-hybridized carbons (Fsp3) is 0.0714. The van der Waals surface area contributed by atoms with Gasteiger partial charge in [0.1, 0.15) is 11.4 Å². The summed E-state index contributed by atoms with van der Waals surface area (Å²) in [7, 11) is 1.48. The number of para-hydroxylation sites is 2. The standard InChI is InChI=1S/C14H10N4O5/c1-23-14-5-3-2-4-11(14)16-12-6-9(17(19)20)7-13(18(21)22)10(12)8-15-16/h2-8H,1H3. The van der Waals surface area contributed by atoms with E-state index in [4.69, 9.17) is 4.74 Å². The predicted molar refractivity (Wildman–Crippen MR) is 80.9 cm³/mol. The lowest BCUT2D eigenvalue weighted by atomic mass is 10.2. The minimum atomic E-state index is -0.675. The maximum Gasteiger partial charge on any atom is 0.287 e. The van der Waals surface area contributed by atoms with Gasteiger partial charge in [-0.1, -0.05) is 12.1 Å². The molecule has 0 saturated carbocycles. The molecule has 0 spiro atoms. The molecule has 0 aliphatic rings. The Kier molecular flexibility index (Phi) is 3.37. The minimum absolute atomic E-state index is 0.214. The van der Waals surface area contributed by atoms with Gasteiger partial charge in [0.2, 0.25) is 0 Å². The van der Waals surface area contributed by atoms with Crippen LogP contribution in [0.3, 0.4) is 0 Å². The molecule has 0 aliphatic heterocycles. The Labute approximate surface area is 129 Å². The summed E-state index contributed by atoms with van der Waals surface area (Å²) in [4.78, 5) is 20.9. The average Bonchev–Trinajstić information content (AvgIpc) is 2.97. The molecule has 0 aliphatic carbocycles. The molecule has 2 aromatic carbocycles. The molecule has 0 unspecified atom stereocenters.